The van der Waals surface area contributed by atoms with E-state index in [1.165, 1.54) is 12.1 Å². The van der Waals surface area contributed by atoms with Gasteiger partial charge in [-0.25, -0.2) is 22.0 Å². The van der Waals surface area contributed by atoms with Crippen molar-refractivity contribution >= 4 is 25.8 Å². The van der Waals surface area contributed by atoms with Crippen molar-refractivity contribution in [3.05, 3.63) is 46.8 Å². The molecule has 1 aliphatic carbocycles. The van der Waals surface area contributed by atoms with Crippen molar-refractivity contribution in [3.63, 3.8) is 0 Å². The second-order valence-corrected chi connectivity index (χ2v) is 11.3. The van der Waals surface area contributed by atoms with Crippen LogP contribution in [-0.4, -0.2) is 44.0 Å². The molecule has 1 amide bonds. The number of fused-ring (bicyclic) bond motifs is 1. The van der Waals surface area contributed by atoms with Crippen molar-refractivity contribution in [3.8, 4) is 0 Å². The predicted molar refractivity (Wildman–Crippen MR) is 106 cm³/mol. The van der Waals surface area contributed by atoms with Crippen molar-refractivity contribution in [2.45, 2.75) is 43.2 Å². The molecule has 1 saturated heterocycles. The normalized spacial score (nSPS) is 20.5. The first-order valence-electron chi connectivity index (χ1n) is 9.35. The molecule has 1 aromatic heterocycles. The van der Waals surface area contributed by atoms with Crippen molar-refractivity contribution in [1.82, 2.24) is 15.1 Å². The monoisotopic (exact) mass is 438 g/mol. The number of carbonyl (C=O) groups is 1. The Morgan fingerprint density at radius 3 is 2.59 bits per heavy atom. The Bertz CT molecular complexity index is 1170. The molecule has 2 aliphatic rings. The zero-order valence-electron chi connectivity index (χ0n) is 15.7. The van der Waals surface area contributed by atoms with Gasteiger partial charge in [0.05, 0.1) is 28.1 Å². The smallest absolute Gasteiger partial charge is 0.270 e. The molecule has 3 N–H and O–H groups in total. The van der Waals surface area contributed by atoms with Crippen LogP contribution in [-0.2, 0) is 39.2 Å². The minimum absolute atomic E-state index is 0.00284. The molecule has 1 aromatic carbocycles. The van der Waals surface area contributed by atoms with Crippen LogP contribution in [0.3, 0.4) is 0 Å². The molecular weight excluding hydrogens is 416 g/mol. The van der Waals surface area contributed by atoms with Crippen molar-refractivity contribution in [2.24, 2.45) is 5.14 Å². The van der Waals surface area contributed by atoms with Crippen molar-refractivity contribution < 1.29 is 21.6 Å². The van der Waals surface area contributed by atoms with E-state index in [1.807, 2.05) is 0 Å². The van der Waals surface area contributed by atoms with E-state index >= 15 is 0 Å². The number of primary sulfonamides is 1. The van der Waals surface area contributed by atoms with Gasteiger partial charge in [0.2, 0.25) is 10.0 Å². The molecular formula is C18H22N4O5S2. The maximum absolute atomic E-state index is 13.0. The highest BCUT2D eigenvalue weighted by atomic mass is 32.2. The Morgan fingerprint density at radius 2 is 1.97 bits per heavy atom. The van der Waals surface area contributed by atoms with Gasteiger partial charge in [-0.2, -0.15) is 5.10 Å². The van der Waals surface area contributed by atoms with Crippen LogP contribution in [0, 0.1) is 0 Å². The summed E-state index contributed by atoms with van der Waals surface area (Å²) in [6, 6.07) is 5.64. The number of nitrogens with two attached hydrogens (primary N) is 1. The quantitative estimate of drug-likeness (QED) is 0.688. The molecule has 0 radical (unpaired) electrons. The summed E-state index contributed by atoms with van der Waals surface area (Å²) in [6.07, 6.45) is 2.92. The molecule has 1 aliphatic heterocycles. The molecule has 9 nitrogen and oxygen atoms in total. The third kappa shape index (κ3) is 4.07. The number of aryl methyl sites for hydroxylation is 1. The van der Waals surface area contributed by atoms with Crippen molar-refractivity contribution in [2.75, 3.05) is 11.5 Å². The standard InChI is InChI=1S/C18H22N4O5S2/c19-29(26,27)14-6-4-12(5-7-14)10-20-18(23)17-15-2-1-3-16(15)21-22(17)13-8-9-28(24,25)11-13/h4-7,13H,1-3,8-11H2,(H,20,23)(H2,19,26,27). The molecule has 1 unspecified atom stereocenters. The first-order valence-corrected chi connectivity index (χ1v) is 12.7. The van der Waals surface area contributed by atoms with Crippen LogP contribution in [0.4, 0.5) is 0 Å². The molecule has 0 saturated carbocycles. The summed E-state index contributed by atoms with van der Waals surface area (Å²) in [6.45, 7) is 0.201. The number of hydrogen-bond donors (Lipinski definition) is 2. The summed E-state index contributed by atoms with van der Waals surface area (Å²) >= 11 is 0. The van der Waals surface area contributed by atoms with Crippen LogP contribution in [0.5, 0.6) is 0 Å². The maximum Gasteiger partial charge on any atom is 0.270 e. The summed E-state index contributed by atoms with van der Waals surface area (Å²) in [5.41, 5.74) is 2.94. The van der Waals surface area contributed by atoms with Crippen LogP contribution >= 0.6 is 0 Å². The highest BCUT2D eigenvalue weighted by Gasteiger charge is 2.35. The fourth-order valence-corrected chi connectivity index (χ4v) is 6.16. The molecule has 0 bridgehead atoms. The number of rotatable bonds is 5. The van der Waals surface area contributed by atoms with E-state index < -0.39 is 19.9 Å². The largest absolute Gasteiger partial charge is 0.347 e. The second-order valence-electron chi connectivity index (χ2n) is 7.50. The van der Waals surface area contributed by atoms with Gasteiger partial charge in [0, 0.05) is 12.1 Å². The minimum Gasteiger partial charge on any atom is -0.347 e. The third-order valence-corrected chi connectivity index (χ3v) is 8.09. The van der Waals surface area contributed by atoms with E-state index in [-0.39, 0.29) is 34.9 Å². The van der Waals surface area contributed by atoms with Gasteiger partial charge in [-0.3, -0.25) is 9.48 Å². The molecule has 29 heavy (non-hydrogen) atoms. The number of sulfonamides is 1. The average Bonchev–Trinajstić information content (AvgIpc) is 3.32. The fraction of sp³-hybridized carbons (Fsp3) is 0.444. The SMILES string of the molecule is NS(=O)(=O)c1ccc(CNC(=O)c2c3c(nn2C2CCS(=O)(=O)C2)CCC3)cc1. The predicted octanol–water partition coefficient (Wildman–Crippen LogP) is 0.309. The molecule has 156 valence electrons. The van der Waals surface area contributed by atoms with Gasteiger partial charge < -0.3 is 5.32 Å². The van der Waals surface area contributed by atoms with Gasteiger partial charge >= 0.3 is 0 Å². The molecule has 2 aromatic rings. The number of nitrogens with zero attached hydrogens (tertiary/aromatic N) is 2. The highest BCUT2D eigenvalue weighted by molar-refractivity contribution is 7.91. The van der Waals surface area contributed by atoms with Crippen LogP contribution in [0.2, 0.25) is 0 Å². The summed E-state index contributed by atoms with van der Waals surface area (Å²) in [4.78, 5) is 13.0. The number of carbonyl (C=O) groups excluding carboxylic acids is 1. The molecule has 11 heteroatoms. The van der Waals surface area contributed by atoms with E-state index in [1.54, 1.807) is 16.8 Å². The Kier molecular flexibility index (Phi) is 4.99. The number of nitrogens with one attached hydrogen (secondary N) is 1. The zero-order valence-corrected chi connectivity index (χ0v) is 17.3. The number of sulfone groups is 1. The van der Waals surface area contributed by atoms with E-state index in [9.17, 15) is 21.6 Å². The number of amides is 1. The minimum atomic E-state index is -3.77. The van der Waals surface area contributed by atoms with Gasteiger partial charge in [0.1, 0.15) is 5.69 Å². The summed E-state index contributed by atoms with van der Waals surface area (Å²) in [5.74, 6) is -0.192. The third-order valence-electron chi connectivity index (χ3n) is 5.41. The van der Waals surface area contributed by atoms with Crippen LogP contribution in [0.25, 0.3) is 0 Å². The average molecular weight is 439 g/mol. The van der Waals surface area contributed by atoms with Gasteiger partial charge in [0.15, 0.2) is 9.84 Å². The number of aromatic nitrogens is 2. The number of hydrogen-bond acceptors (Lipinski definition) is 6. The number of benzene rings is 1. The lowest BCUT2D eigenvalue weighted by molar-refractivity contribution is 0.0936. The van der Waals surface area contributed by atoms with Gasteiger partial charge in [-0.15, -0.1) is 0 Å². The Balaban J connectivity index is 1.54. The van der Waals surface area contributed by atoms with Crippen LogP contribution in [0.1, 0.15) is 46.2 Å². The second kappa shape index (κ2) is 7.22. The first kappa shape index (κ1) is 20.0. The summed E-state index contributed by atoms with van der Waals surface area (Å²) in [7, 11) is -6.87. The lowest BCUT2D eigenvalue weighted by Crippen LogP contribution is -2.28. The summed E-state index contributed by atoms with van der Waals surface area (Å²) < 4.78 is 48.1. The van der Waals surface area contributed by atoms with Crippen LogP contribution < -0.4 is 10.5 Å². The van der Waals surface area contributed by atoms with E-state index in [4.69, 9.17) is 5.14 Å². The summed E-state index contributed by atoms with van der Waals surface area (Å²) in [5, 5.41) is 12.5. The zero-order chi connectivity index (χ0) is 20.8. The van der Waals surface area contributed by atoms with Gasteiger partial charge in [-0.05, 0) is 43.4 Å². The van der Waals surface area contributed by atoms with Gasteiger partial charge in [0.25, 0.3) is 5.91 Å². The Labute approximate surface area is 169 Å². The van der Waals surface area contributed by atoms with E-state index in [0.29, 0.717) is 12.1 Å². The molecule has 0 spiro atoms. The van der Waals surface area contributed by atoms with Crippen LogP contribution in [0.15, 0.2) is 29.2 Å². The lowest BCUT2D eigenvalue weighted by atomic mass is 10.1. The molecule has 1 atom stereocenters. The molecule has 4 rings (SSSR count). The fourth-order valence-electron chi connectivity index (χ4n) is 3.95. The first-order chi connectivity index (χ1) is 13.6. The Hall–Kier alpha value is -2.24. The molecule has 1 fully saturated rings. The van der Waals surface area contributed by atoms with E-state index in [2.05, 4.69) is 10.4 Å². The van der Waals surface area contributed by atoms with Crippen molar-refractivity contribution in [1.29, 1.82) is 0 Å². The Morgan fingerprint density at radius 1 is 1.24 bits per heavy atom. The lowest BCUT2D eigenvalue weighted by Gasteiger charge is -2.15. The van der Waals surface area contributed by atoms with E-state index in [0.717, 1.165) is 36.1 Å². The van der Waals surface area contributed by atoms with Gasteiger partial charge in [-0.1, -0.05) is 12.1 Å². The molecule has 2 heterocycles. The topological polar surface area (TPSA) is 141 Å². The maximum atomic E-state index is 13.0. The highest BCUT2D eigenvalue weighted by Crippen LogP contribution is 2.31.